The van der Waals surface area contributed by atoms with Crippen molar-refractivity contribution in [2.24, 2.45) is 5.92 Å². The van der Waals surface area contributed by atoms with Crippen LogP contribution in [0.2, 0.25) is 0 Å². The van der Waals surface area contributed by atoms with Crippen LogP contribution in [0.3, 0.4) is 0 Å². The Balaban J connectivity index is 3.20. The van der Waals surface area contributed by atoms with Gasteiger partial charge in [-0.05, 0) is 18.1 Å². The molecule has 3 nitrogen and oxygen atoms in total. The van der Waals surface area contributed by atoms with Gasteiger partial charge in [-0.1, -0.05) is 20.8 Å². The van der Waals surface area contributed by atoms with Gasteiger partial charge in [0.2, 0.25) is 0 Å². The molecule has 0 amide bonds. The van der Waals surface area contributed by atoms with Crippen molar-refractivity contribution in [1.82, 2.24) is 4.98 Å². The molecule has 19 heavy (non-hydrogen) atoms. The zero-order valence-electron chi connectivity index (χ0n) is 10.7. The van der Waals surface area contributed by atoms with Crippen LogP contribution in [0.4, 0.5) is 13.2 Å². The third-order valence-electron chi connectivity index (χ3n) is 2.62. The smallest absolute Gasteiger partial charge is 0.433 e. The minimum atomic E-state index is -4.58. The topological polar surface area (TPSA) is 50.2 Å². The van der Waals surface area contributed by atoms with Crippen molar-refractivity contribution in [3.8, 4) is 0 Å². The Morgan fingerprint density at radius 1 is 1.32 bits per heavy atom. The van der Waals surface area contributed by atoms with E-state index < -0.39 is 17.8 Å². The van der Waals surface area contributed by atoms with Crippen LogP contribution in [-0.4, -0.2) is 21.3 Å². The highest BCUT2D eigenvalue weighted by atomic mass is 32.2. The van der Waals surface area contributed by atoms with Crippen molar-refractivity contribution in [2.45, 2.75) is 37.2 Å². The van der Waals surface area contributed by atoms with Gasteiger partial charge in [0.05, 0.1) is 5.56 Å². The Kier molecular flexibility index (Phi) is 4.84. The van der Waals surface area contributed by atoms with Crippen molar-refractivity contribution in [2.75, 3.05) is 0 Å². The van der Waals surface area contributed by atoms with Crippen molar-refractivity contribution in [3.63, 3.8) is 0 Å². The lowest BCUT2D eigenvalue weighted by molar-refractivity contribution is -0.141. The molecular formula is C12H14F3NO2S. The second kappa shape index (κ2) is 5.81. The molecule has 0 aliphatic rings. The van der Waals surface area contributed by atoms with Crippen molar-refractivity contribution < 1.29 is 23.1 Å². The zero-order chi connectivity index (χ0) is 14.8. The summed E-state index contributed by atoms with van der Waals surface area (Å²) in [6.07, 6.45) is -4.58. The SMILES string of the molecule is CC(C)C(C)Sc1nc(C(F)(F)F)ccc1C(=O)O. The third kappa shape index (κ3) is 4.12. The quantitative estimate of drug-likeness (QED) is 0.854. The highest BCUT2D eigenvalue weighted by Gasteiger charge is 2.33. The molecule has 7 heteroatoms. The summed E-state index contributed by atoms with van der Waals surface area (Å²) in [7, 11) is 0. The second-order valence-corrected chi connectivity index (χ2v) is 5.79. The molecule has 1 N–H and O–H groups in total. The van der Waals surface area contributed by atoms with Crippen LogP contribution in [0, 0.1) is 5.92 Å². The van der Waals surface area contributed by atoms with Crippen molar-refractivity contribution in [1.29, 1.82) is 0 Å². The molecule has 1 aromatic rings. The first-order valence-corrected chi connectivity index (χ1v) is 6.49. The molecule has 0 bridgehead atoms. The first-order chi connectivity index (χ1) is 8.62. The van der Waals surface area contributed by atoms with Crippen molar-refractivity contribution in [3.05, 3.63) is 23.4 Å². The van der Waals surface area contributed by atoms with E-state index in [2.05, 4.69) is 4.98 Å². The van der Waals surface area contributed by atoms with E-state index in [1.807, 2.05) is 20.8 Å². The first-order valence-electron chi connectivity index (χ1n) is 5.61. The zero-order valence-corrected chi connectivity index (χ0v) is 11.5. The van der Waals surface area contributed by atoms with Gasteiger partial charge in [0.1, 0.15) is 10.7 Å². The summed E-state index contributed by atoms with van der Waals surface area (Å²) in [6.45, 7) is 5.64. The number of aromatic carboxylic acids is 1. The lowest BCUT2D eigenvalue weighted by Crippen LogP contribution is -2.13. The molecule has 1 rings (SSSR count). The van der Waals surface area contributed by atoms with E-state index in [0.717, 1.165) is 17.8 Å². The van der Waals surface area contributed by atoms with Gasteiger partial charge >= 0.3 is 12.1 Å². The molecule has 1 heterocycles. The number of hydrogen-bond donors (Lipinski definition) is 1. The van der Waals surface area contributed by atoms with Crippen molar-refractivity contribution >= 4 is 17.7 Å². The summed E-state index contributed by atoms with van der Waals surface area (Å²) in [5.74, 6) is -1.08. The largest absolute Gasteiger partial charge is 0.478 e. The van der Waals surface area contributed by atoms with E-state index in [1.54, 1.807) is 0 Å². The van der Waals surface area contributed by atoms with Gasteiger partial charge in [0, 0.05) is 5.25 Å². The molecule has 1 aromatic heterocycles. The number of hydrogen-bond acceptors (Lipinski definition) is 3. The van der Waals surface area contributed by atoms with E-state index in [9.17, 15) is 18.0 Å². The van der Waals surface area contributed by atoms with Gasteiger partial charge in [-0.2, -0.15) is 13.2 Å². The number of aromatic nitrogens is 1. The number of carboxylic acids is 1. The standard InChI is InChI=1S/C12H14F3NO2S/c1-6(2)7(3)19-10-8(11(17)18)4-5-9(16-10)12(13,14)15/h4-7H,1-3H3,(H,17,18). The molecule has 0 spiro atoms. The summed E-state index contributed by atoms with van der Waals surface area (Å²) in [5.41, 5.74) is -1.28. The number of halogens is 3. The fraction of sp³-hybridized carbons (Fsp3) is 0.500. The maximum atomic E-state index is 12.6. The van der Waals surface area contributed by atoms with Crippen LogP contribution in [0.15, 0.2) is 17.2 Å². The number of carbonyl (C=O) groups is 1. The monoisotopic (exact) mass is 293 g/mol. The van der Waals surface area contributed by atoms with E-state index in [1.165, 1.54) is 0 Å². The lowest BCUT2D eigenvalue weighted by atomic mass is 10.2. The Morgan fingerprint density at radius 2 is 1.89 bits per heavy atom. The Hall–Kier alpha value is -1.24. The minimum absolute atomic E-state index is 0.0333. The normalized spacial score (nSPS) is 13.6. The number of thioether (sulfide) groups is 1. The predicted octanol–water partition coefficient (Wildman–Crippen LogP) is 3.94. The first kappa shape index (κ1) is 15.8. The van der Waals surface area contributed by atoms with Gasteiger partial charge in [0.15, 0.2) is 0 Å². The number of pyridine rings is 1. The maximum Gasteiger partial charge on any atom is 0.433 e. The van der Waals surface area contributed by atoms with Crippen LogP contribution in [-0.2, 0) is 6.18 Å². The molecule has 1 unspecified atom stereocenters. The summed E-state index contributed by atoms with van der Waals surface area (Å²) < 4.78 is 37.7. The number of rotatable bonds is 4. The average molecular weight is 293 g/mol. The predicted molar refractivity (Wildman–Crippen MR) is 66.4 cm³/mol. The number of nitrogens with zero attached hydrogens (tertiary/aromatic N) is 1. The highest BCUT2D eigenvalue weighted by molar-refractivity contribution is 7.99. The molecule has 0 saturated heterocycles. The number of carboxylic acid groups (broad SMARTS) is 1. The fourth-order valence-corrected chi connectivity index (χ4v) is 2.22. The Bertz CT molecular complexity index is 475. The van der Waals surface area contributed by atoms with Gasteiger partial charge in [0.25, 0.3) is 0 Å². The highest BCUT2D eigenvalue weighted by Crippen LogP contribution is 2.33. The van der Waals surface area contributed by atoms with Gasteiger partial charge in [-0.25, -0.2) is 9.78 Å². The molecule has 106 valence electrons. The van der Waals surface area contributed by atoms with E-state index >= 15 is 0 Å². The van der Waals surface area contributed by atoms with E-state index in [0.29, 0.717) is 6.07 Å². The summed E-state index contributed by atoms with van der Waals surface area (Å²) in [5, 5.41) is 8.85. The summed E-state index contributed by atoms with van der Waals surface area (Å²) >= 11 is 1.04. The van der Waals surface area contributed by atoms with Gasteiger partial charge < -0.3 is 5.11 Å². The Morgan fingerprint density at radius 3 is 2.32 bits per heavy atom. The minimum Gasteiger partial charge on any atom is -0.478 e. The molecular weight excluding hydrogens is 279 g/mol. The Labute approximate surface area is 113 Å². The number of alkyl halides is 3. The molecule has 0 radical (unpaired) electrons. The third-order valence-corrected chi connectivity index (χ3v) is 4.07. The molecule has 0 aromatic carbocycles. The van der Waals surface area contributed by atoms with Gasteiger partial charge in [-0.15, -0.1) is 11.8 Å². The molecule has 0 aliphatic carbocycles. The molecule has 0 aliphatic heterocycles. The van der Waals surface area contributed by atoms with Crippen LogP contribution >= 0.6 is 11.8 Å². The van der Waals surface area contributed by atoms with Gasteiger partial charge in [-0.3, -0.25) is 0 Å². The summed E-state index contributed by atoms with van der Waals surface area (Å²) in [4.78, 5) is 14.4. The lowest BCUT2D eigenvalue weighted by Gasteiger charge is -2.16. The molecule has 1 atom stereocenters. The maximum absolute atomic E-state index is 12.6. The summed E-state index contributed by atoms with van der Waals surface area (Å²) in [6, 6.07) is 1.64. The fourth-order valence-electron chi connectivity index (χ4n) is 1.16. The average Bonchev–Trinajstić information content (AvgIpc) is 2.27. The molecule has 0 fully saturated rings. The molecule has 0 saturated carbocycles. The second-order valence-electron chi connectivity index (χ2n) is 4.42. The van der Waals surface area contributed by atoms with Crippen LogP contribution in [0.1, 0.15) is 36.8 Å². The van der Waals surface area contributed by atoms with Crippen LogP contribution in [0.25, 0.3) is 0 Å². The van der Waals surface area contributed by atoms with E-state index in [-0.39, 0.29) is 21.8 Å². The van der Waals surface area contributed by atoms with Crippen LogP contribution < -0.4 is 0 Å². The van der Waals surface area contributed by atoms with Crippen LogP contribution in [0.5, 0.6) is 0 Å². The van der Waals surface area contributed by atoms with E-state index in [4.69, 9.17) is 5.11 Å².